The van der Waals surface area contributed by atoms with Crippen molar-refractivity contribution in [2.45, 2.75) is 45.3 Å². The number of hydrogen-bond donors (Lipinski definition) is 2. The average Bonchev–Trinajstić information content (AvgIpc) is 2.99. The molecule has 1 fully saturated rings. The predicted octanol–water partition coefficient (Wildman–Crippen LogP) is -0.507. The number of carbonyl (C=O) groups excluding carboxylic acids is 2. The molecule has 6 nitrogen and oxygen atoms in total. The Morgan fingerprint density at radius 2 is 2.22 bits per heavy atom. The number of quaternary nitrogens is 1. The van der Waals surface area contributed by atoms with Crippen LogP contribution in [0.4, 0.5) is 5.69 Å². The zero-order chi connectivity index (χ0) is 16.8. The Kier molecular flexibility index (Phi) is 6.12. The first-order valence-electron chi connectivity index (χ1n) is 7.98. The topological polar surface area (TPSA) is 95.1 Å². The molecule has 1 heterocycles. The van der Waals surface area contributed by atoms with Gasteiger partial charge in [0.1, 0.15) is 18.7 Å². The van der Waals surface area contributed by atoms with Crippen molar-refractivity contribution in [1.29, 1.82) is 0 Å². The maximum absolute atomic E-state index is 12.1. The zero-order valence-electron chi connectivity index (χ0n) is 13.6. The smallest absolute Gasteiger partial charge is 0.230 e. The molecule has 2 rings (SSSR count). The normalized spacial score (nSPS) is 18.6. The highest BCUT2D eigenvalue weighted by molar-refractivity contribution is 5.94. The number of carbonyl (C=O) groups is 2. The van der Waals surface area contributed by atoms with E-state index in [4.69, 9.17) is 4.74 Å². The first kappa shape index (κ1) is 17.4. The summed E-state index contributed by atoms with van der Waals surface area (Å²) in [7, 11) is 0. The number of nitrogens with two attached hydrogens (primary N) is 1. The van der Waals surface area contributed by atoms with Gasteiger partial charge in [-0.2, -0.15) is 0 Å². The number of carboxylic acid groups (broad SMARTS) is 1. The molecule has 2 atom stereocenters. The van der Waals surface area contributed by atoms with Crippen LogP contribution in [0.25, 0.3) is 0 Å². The van der Waals surface area contributed by atoms with Gasteiger partial charge < -0.3 is 25.3 Å². The maximum Gasteiger partial charge on any atom is 0.230 e. The molecule has 0 bridgehead atoms. The third kappa shape index (κ3) is 5.33. The van der Waals surface area contributed by atoms with Crippen molar-refractivity contribution in [2.75, 3.05) is 18.5 Å². The lowest BCUT2D eigenvalue weighted by Gasteiger charge is -2.18. The zero-order valence-corrected chi connectivity index (χ0v) is 13.6. The highest BCUT2D eigenvalue weighted by atomic mass is 16.5. The summed E-state index contributed by atoms with van der Waals surface area (Å²) >= 11 is 0. The molecule has 0 unspecified atom stereocenters. The maximum atomic E-state index is 12.1. The van der Waals surface area contributed by atoms with Crippen LogP contribution in [-0.2, 0) is 14.3 Å². The van der Waals surface area contributed by atoms with Crippen molar-refractivity contribution >= 4 is 17.6 Å². The Hall–Kier alpha value is -1.92. The van der Waals surface area contributed by atoms with Gasteiger partial charge in [0, 0.05) is 12.3 Å². The van der Waals surface area contributed by atoms with E-state index < -0.39 is 12.0 Å². The molecule has 6 heteroatoms. The average molecular weight is 320 g/mol. The van der Waals surface area contributed by atoms with E-state index in [9.17, 15) is 14.7 Å². The van der Waals surface area contributed by atoms with Crippen LogP contribution in [0.3, 0.4) is 0 Å². The van der Waals surface area contributed by atoms with Crippen LogP contribution in [0.15, 0.2) is 18.2 Å². The standard InChI is InChI=1S/C17H24N2O4/c1-11-5-6-14(12(2)8-11)19-16(20)9-15(17(21)22)18-10-13-4-3-7-23-13/h5-6,8,13,15,18H,3-4,7,9-10H2,1-2H3,(H,19,20)(H,21,22)/t13-,15+/m0/s1. The van der Waals surface area contributed by atoms with E-state index in [-0.39, 0.29) is 18.4 Å². The van der Waals surface area contributed by atoms with E-state index in [0.717, 1.165) is 30.6 Å². The molecule has 126 valence electrons. The molecular weight excluding hydrogens is 296 g/mol. The lowest BCUT2D eigenvalue weighted by molar-refractivity contribution is -0.687. The Morgan fingerprint density at radius 1 is 1.43 bits per heavy atom. The molecule has 1 aliphatic rings. The van der Waals surface area contributed by atoms with E-state index in [1.807, 2.05) is 32.0 Å². The van der Waals surface area contributed by atoms with Crippen LogP contribution in [0.5, 0.6) is 0 Å². The summed E-state index contributed by atoms with van der Waals surface area (Å²) in [5.41, 5.74) is 2.77. The van der Waals surface area contributed by atoms with Gasteiger partial charge >= 0.3 is 0 Å². The van der Waals surface area contributed by atoms with Gasteiger partial charge in [-0.1, -0.05) is 17.7 Å². The third-order valence-corrected chi connectivity index (χ3v) is 4.07. The van der Waals surface area contributed by atoms with Gasteiger partial charge in [0.05, 0.1) is 12.4 Å². The number of rotatable bonds is 7. The van der Waals surface area contributed by atoms with E-state index in [1.165, 1.54) is 0 Å². The Morgan fingerprint density at radius 3 is 2.83 bits per heavy atom. The molecule has 1 amide bonds. The predicted molar refractivity (Wildman–Crippen MR) is 83.7 cm³/mol. The molecule has 3 N–H and O–H groups in total. The van der Waals surface area contributed by atoms with Gasteiger partial charge in [0.15, 0.2) is 0 Å². The fourth-order valence-corrected chi connectivity index (χ4v) is 2.76. The molecule has 0 saturated carbocycles. The molecule has 1 aromatic rings. The summed E-state index contributed by atoms with van der Waals surface area (Å²) in [6, 6.07) is 4.80. The minimum Gasteiger partial charge on any atom is -0.544 e. The van der Waals surface area contributed by atoms with Crippen molar-refractivity contribution < 1.29 is 24.7 Å². The van der Waals surface area contributed by atoms with Crippen LogP contribution < -0.4 is 15.7 Å². The largest absolute Gasteiger partial charge is 0.544 e. The second-order valence-corrected chi connectivity index (χ2v) is 6.10. The number of ether oxygens (including phenoxy) is 1. The number of nitrogens with one attached hydrogen (secondary N) is 1. The van der Waals surface area contributed by atoms with Gasteiger partial charge in [-0.25, -0.2) is 0 Å². The second kappa shape index (κ2) is 8.08. The fourth-order valence-electron chi connectivity index (χ4n) is 2.76. The number of amides is 1. The summed E-state index contributed by atoms with van der Waals surface area (Å²) in [5.74, 6) is -1.55. The monoisotopic (exact) mass is 320 g/mol. The van der Waals surface area contributed by atoms with Crippen LogP contribution in [0.2, 0.25) is 0 Å². The van der Waals surface area contributed by atoms with Crippen molar-refractivity contribution in [1.82, 2.24) is 0 Å². The van der Waals surface area contributed by atoms with Crippen LogP contribution in [0.1, 0.15) is 30.4 Å². The summed E-state index contributed by atoms with van der Waals surface area (Å²) < 4.78 is 5.47. The minimum absolute atomic E-state index is 0.0688. The molecule has 23 heavy (non-hydrogen) atoms. The molecular formula is C17H24N2O4. The number of benzene rings is 1. The quantitative estimate of drug-likeness (QED) is 0.707. The lowest BCUT2D eigenvalue weighted by atomic mass is 10.1. The molecule has 1 aromatic carbocycles. The SMILES string of the molecule is Cc1ccc(NC(=O)C[C@@H]([NH2+]C[C@@H]2CCCO2)C(=O)[O-])c(C)c1. The van der Waals surface area contributed by atoms with E-state index in [0.29, 0.717) is 12.2 Å². The number of aliphatic carboxylic acids is 1. The number of carboxylic acids is 1. The molecule has 0 radical (unpaired) electrons. The highest BCUT2D eigenvalue weighted by Crippen LogP contribution is 2.16. The second-order valence-electron chi connectivity index (χ2n) is 6.10. The summed E-state index contributed by atoms with van der Waals surface area (Å²) in [4.78, 5) is 23.3. The van der Waals surface area contributed by atoms with Gasteiger partial charge in [-0.3, -0.25) is 4.79 Å². The van der Waals surface area contributed by atoms with Crippen molar-refractivity contribution in [2.24, 2.45) is 0 Å². The molecule has 0 aliphatic carbocycles. The molecule has 0 aromatic heterocycles. The van der Waals surface area contributed by atoms with Crippen molar-refractivity contribution in [3.63, 3.8) is 0 Å². The Bertz CT molecular complexity index is 568. The van der Waals surface area contributed by atoms with E-state index in [2.05, 4.69) is 5.32 Å². The van der Waals surface area contributed by atoms with Crippen LogP contribution in [-0.4, -0.2) is 37.2 Å². The van der Waals surface area contributed by atoms with E-state index >= 15 is 0 Å². The van der Waals surface area contributed by atoms with Gasteiger partial charge in [-0.05, 0) is 38.3 Å². The van der Waals surface area contributed by atoms with Gasteiger partial charge in [0.25, 0.3) is 0 Å². The highest BCUT2D eigenvalue weighted by Gasteiger charge is 2.23. The van der Waals surface area contributed by atoms with Crippen LogP contribution in [0, 0.1) is 13.8 Å². The first-order chi connectivity index (χ1) is 11.0. The first-order valence-corrected chi connectivity index (χ1v) is 7.98. The molecule has 0 spiro atoms. The van der Waals surface area contributed by atoms with Gasteiger partial charge in [0.2, 0.25) is 5.91 Å². The minimum atomic E-state index is -1.22. The molecule has 1 aliphatic heterocycles. The third-order valence-electron chi connectivity index (χ3n) is 4.07. The van der Waals surface area contributed by atoms with Crippen molar-refractivity contribution in [3.05, 3.63) is 29.3 Å². The van der Waals surface area contributed by atoms with Gasteiger partial charge in [-0.15, -0.1) is 0 Å². The van der Waals surface area contributed by atoms with Crippen molar-refractivity contribution in [3.8, 4) is 0 Å². The number of hydrogen-bond acceptors (Lipinski definition) is 4. The summed E-state index contributed by atoms with van der Waals surface area (Å²) in [6.07, 6.45) is 1.88. The summed E-state index contributed by atoms with van der Waals surface area (Å²) in [6.45, 7) is 5.14. The number of aryl methyl sites for hydroxylation is 2. The van der Waals surface area contributed by atoms with E-state index in [1.54, 1.807) is 5.32 Å². The summed E-state index contributed by atoms with van der Waals surface area (Å²) in [5, 5.41) is 15.6. The molecule has 1 saturated heterocycles. The Balaban J connectivity index is 1.88. The number of anilines is 1. The fraction of sp³-hybridized carbons (Fsp3) is 0.529. The lowest BCUT2D eigenvalue weighted by Crippen LogP contribution is -2.94. The Labute approximate surface area is 136 Å². The van der Waals surface area contributed by atoms with Crippen LogP contribution >= 0.6 is 0 Å².